The van der Waals surface area contributed by atoms with E-state index in [1.165, 1.54) is 38.5 Å². The molecular formula is C46H81O14P. The molecule has 354 valence electrons. The van der Waals surface area contributed by atoms with Crippen LogP contribution in [-0.4, -0.2) is 106 Å². The molecule has 0 spiro atoms. The molecule has 2 unspecified atom stereocenters. The van der Waals surface area contributed by atoms with Gasteiger partial charge in [-0.05, 0) is 64.2 Å². The Bertz CT molecular complexity index is 1270. The first kappa shape index (κ1) is 56.8. The van der Waals surface area contributed by atoms with Crippen molar-refractivity contribution < 1.29 is 67.8 Å². The Hall–Kier alpha value is -2.23. The van der Waals surface area contributed by atoms with Gasteiger partial charge in [-0.1, -0.05) is 127 Å². The molecule has 14 nitrogen and oxygen atoms in total. The van der Waals surface area contributed by atoms with Gasteiger partial charge < -0.3 is 44.6 Å². The van der Waals surface area contributed by atoms with E-state index in [0.717, 1.165) is 57.8 Å². The van der Waals surface area contributed by atoms with Gasteiger partial charge in [0.1, 0.15) is 12.7 Å². The van der Waals surface area contributed by atoms with E-state index in [1.54, 1.807) is 12.2 Å². The Kier molecular flexibility index (Phi) is 34.6. The number of rotatable bonds is 38. The zero-order valence-corrected chi connectivity index (χ0v) is 38.0. The van der Waals surface area contributed by atoms with Crippen LogP contribution in [0.5, 0.6) is 0 Å². The number of carbonyl (C=O) groups excluding carboxylic acids is 2. The summed E-state index contributed by atoms with van der Waals surface area (Å²) >= 11 is 0. The summed E-state index contributed by atoms with van der Waals surface area (Å²) in [6, 6.07) is 0. The van der Waals surface area contributed by atoms with Gasteiger partial charge in [0.2, 0.25) is 0 Å². The molecule has 0 radical (unpaired) electrons. The Morgan fingerprint density at radius 2 is 1.33 bits per heavy atom. The molecule has 0 amide bonds. The summed E-state index contributed by atoms with van der Waals surface area (Å²) in [5, 5.41) is 49.4. The van der Waals surface area contributed by atoms with Crippen LogP contribution in [0.4, 0.5) is 0 Å². The van der Waals surface area contributed by atoms with Crippen LogP contribution in [0.1, 0.15) is 162 Å². The van der Waals surface area contributed by atoms with Crippen molar-refractivity contribution >= 4 is 19.8 Å². The minimum atomic E-state index is -4.70. The van der Waals surface area contributed by atoms with E-state index < -0.39 is 83.0 Å². The fraction of sp³-hybridized carbons (Fsp3) is 0.783. The normalized spacial score (nSPS) is 21.0. The van der Waals surface area contributed by atoms with Crippen LogP contribution in [0.2, 0.25) is 0 Å². The molecule has 0 aromatic rings. The Labute approximate surface area is 366 Å². The van der Waals surface area contributed by atoms with Gasteiger partial charge in [0.25, 0.3) is 0 Å². The van der Waals surface area contributed by atoms with Gasteiger partial charge in [0.05, 0.1) is 38.1 Å². The van der Waals surface area contributed by atoms with Crippen molar-refractivity contribution in [1.82, 2.24) is 0 Å². The van der Waals surface area contributed by atoms with Crippen molar-refractivity contribution in [3.05, 3.63) is 48.6 Å². The number of hydrogen-bond donors (Lipinski definition) is 6. The smallest absolute Gasteiger partial charge is 0.462 e. The van der Waals surface area contributed by atoms with Crippen LogP contribution < -0.4 is 0 Å². The third-order valence-electron chi connectivity index (χ3n) is 10.3. The summed E-state index contributed by atoms with van der Waals surface area (Å²) in [4.78, 5) is 35.3. The highest BCUT2D eigenvalue weighted by Gasteiger charge is 2.35. The number of esters is 2. The third kappa shape index (κ3) is 32.1. The fourth-order valence-electron chi connectivity index (χ4n) is 6.59. The number of allylic oxidation sites excluding steroid dienone is 6. The van der Waals surface area contributed by atoms with Crippen LogP contribution in [0.3, 0.4) is 0 Å². The lowest BCUT2D eigenvalue weighted by atomic mass is 9.87. The first-order chi connectivity index (χ1) is 29.4. The van der Waals surface area contributed by atoms with Crippen LogP contribution in [0, 0.1) is 5.92 Å². The van der Waals surface area contributed by atoms with Crippen molar-refractivity contribution in [2.75, 3.05) is 26.4 Å². The summed E-state index contributed by atoms with van der Waals surface area (Å²) in [6.07, 6.45) is 29.7. The van der Waals surface area contributed by atoms with Crippen molar-refractivity contribution in [3.63, 3.8) is 0 Å². The molecule has 0 aromatic heterocycles. The average Bonchev–Trinajstić information content (AvgIpc) is 3.23. The molecule has 1 rings (SSSR count). The predicted octanol–water partition coefficient (Wildman–Crippen LogP) is 8.22. The molecule has 0 aromatic carbocycles. The minimum absolute atomic E-state index is 0.0129. The molecule has 8 atom stereocenters. The number of unbranched alkanes of at least 4 members (excludes halogenated alkanes) is 13. The highest BCUT2D eigenvalue weighted by Crippen LogP contribution is 2.43. The van der Waals surface area contributed by atoms with Crippen LogP contribution in [0.25, 0.3) is 0 Å². The molecular weight excluding hydrogens is 807 g/mol. The van der Waals surface area contributed by atoms with Gasteiger partial charge in [-0.15, -0.1) is 0 Å². The molecule has 0 saturated carbocycles. The molecule has 1 aliphatic rings. The lowest BCUT2D eigenvalue weighted by Gasteiger charge is -2.36. The largest absolute Gasteiger partial charge is 0.472 e. The molecule has 61 heavy (non-hydrogen) atoms. The van der Waals surface area contributed by atoms with E-state index in [1.807, 2.05) is 12.2 Å². The average molecular weight is 889 g/mol. The Morgan fingerprint density at radius 1 is 0.738 bits per heavy atom. The van der Waals surface area contributed by atoms with E-state index in [2.05, 4.69) is 42.7 Å². The molecule has 0 aliphatic carbocycles. The maximum Gasteiger partial charge on any atom is 0.472 e. The summed E-state index contributed by atoms with van der Waals surface area (Å²) in [6.45, 7) is 1.92. The summed E-state index contributed by atoms with van der Waals surface area (Å²) < 4.78 is 38.4. The molecule has 1 fully saturated rings. The maximum atomic E-state index is 12.8. The van der Waals surface area contributed by atoms with Gasteiger partial charge in [-0.25, -0.2) is 4.57 Å². The second-order valence-electron chi connectivity index (χ2n) is 15.9. The summed E-state index contributed by atoms with van der Waals surface area (Å²) in [5.41, 5.74) is 0. The van der Waals surface area contributed by atoms with E-state index in [0.29, 0.717) is 32.1 Å². The zero-order valence-electron chi connectivity index (χ0n) is 37.1. The van der Waals surface area contributed by atoms with Crippen molar-refractivity contribution in [3.8, 4) is 0 Å². The van der Waals surface area contributed by atoms with Crippen molar-refractivity contribution in [1.29, 1.82) is 0 Å². The van der Waals surface area contributed by atoms with Crippen LogP contribution in [-0.2, 0) is 37.4 Å². The summed E-state index contributed by atoms with van der Waals surface area (Å²) in [7, 11) is -4.70. The van der Waals surface area contributed by atoms with Gasteiger partial charge in [-0.3, -0.25) is 18.6 Å². The quantitative estimate of drug-likeness (QED) is 0.0149. The van der Waals surface area contributed by atoms with Gasteiger partial charge in [0, 0.05) is 25.2 Å². The topological polar surface area (TPSA) is 219 Å². The highest BCUT2D eigenvalue weighted by molar-refractivity contribution is 7.47. The number of phosphoric acid groups is 1. The van der Waals surface area contributed by atoms with Gasteiger partial charge >= 0.3 is 19.8 Å². The molecule has 1 heterocycles. The third-order valence-corrected chi connectivity index (χ3v) is 11.2. The standard InChI is InChI=1S/C46H81O14P/c1-3-5-7-8-9-10-11-12-13-14-15-16-17-18-19-20-25-29-44(51)56-36-40(37-58-61(54,55)57-35-39(49)34-47)59-45(52)30-26-22-21-24-28-41-42(50)33-46(53)60-43(41)32-31-38(48)27-23-6-4-2/h9-10,12-13,21,24,31-32,38-43,46-50,53H,3-8,11,14-20,22-23,25-30,33-37H2,1-2H3,(H,54,55)/b10-9-,13-12-,24-21-,32-31+/t38-,39-,40+,41-,42-,43+,46?/m0/s1. The van der Waals surface area contributed by atoms with Gasteiger partial charge in [0.15, 0.2) is 12.4 Å². The van der Waals surface area contributed by atoms with Crippen LogP contribution in [0.15, 0.2) is 48.6 Å². The number of aliphatic hydroxyl groups excluding tert-OH is 5. The number of aliphatic hydroxyl groups is 5. The van der Waals surface area contributed by atoms with Gasteiger partial charge in [-0.2, -0.15) is 0 Å². The number of carbonyl (C=O) groups is 2. The minimum Gasteiger partial charge on any atom is -0.462 e. The molecule has 1 saturated heterocycles. The van der Waals surface area contributed by atoms with E-state index in [-0.39, 0.29) is 25.2 Å². The second kappa shape index (κ2) is 37.2. The van der Waals surface area contributed by atoms with Crippen LogP contribution >= 0.6 is 7.82 Å². The molecule has 6 N–H and O–H groups in total. The fourth-order valence-corrected chi connectivity index (χ4v) is 7.38. The number of ether oxygens (including phenoxy) is 3. The summed E-state index contributed by atoms with van der Waals surface area (Å²) in [5.74, 6) is -1.47. The SMILES string of the molecule is CCCCC/C=C\C/C=C\CCCCCCCCCC(=O)OC[C@H](COP(=O)(O)OC[C@@H](O)CO)OC(=O)CCC/C=C\C[C@H]1[C@@H](O)CC(O)O[C@@H]1/C=C/[C@@H](O)CCCCC. The number of phosphoric ester groups is 1. The maximum absolute atomic E-state index is 12.8. The van der Waals surface area contributed by atoms with E-state index >= 15 is 0 Å². The second-order valence-corrected chi connectivity index (χ2v) is 17.4. The van der Waals surface area contributed by atoms with E-state index in [9.17, 15) is 39.5 Å². The monoisotopic (exact) mass is 889 g/mol. The zero-order chi connectivity index (χ0) is 45.0. The highest BCUT2D eigenvalue weighted by atomic mass is 31.2. The lowest BCUT2D eigenvalue weighted by Crippen LogP contribution is -2.43. The Balaban J connectivity index is 2.49. The van der Waals surface area contributed by atoms with Crippen molar-refractivity contribution in [2.45, 2.75) is 198 Å². The first-order valence-corrected chi connectivity index (χ1v) is 24.5. The first-order valence-electron chi connectivity index (χ1n) is 23.0. The molecule has 0 bridgehead atoms. The number of hydrogen-bond acceptors (Lipinski definition) is 13. The molecule has 15 heteroatoms. The lowest BCUT2D eigenvalue weighted by molar-refractivity contribution is -0.199. The van der Waals surface area contributed by atoms with Crippen molar-refractivity contribution in [2.24, 2.45) is 5.92 Å². The Morgan fingerprint density at radius 3 is 2.02 bits per heavy atom. The van der Waals surface area contributed by atoms with E-state index in [4.69, 9.17) is 23.8 Å². The predicted molar refractivity (Wildman–Crippen MR) is 236 cm³/mol. The molecule has 1 aliphatic heterocycles.